The number of anilines is 1. The van der Waals surface area contributed by atoms with Crippen molar-refractivity contribution in [3.63, 3.8) is 0 Å². The van der Waals surface area contributed by atoms with E-state index in [2.05, 4.69) is 31.9 Å². The first-order valence-corrected chi connectivity index (χ1v) is 6.58. The minimum atomic E-state index is 0.873. The van der Waals surface area contributed by atoms with E-state index in [4.69, 9.17) is 4.74 Å². The van der Waals surface area contributed by atoms with Crippen LogP contribution in [0.15, 0.2) is 30.5 Å². The third-order valence-corrected chi connectivity index (χ3v) is 3.09. The second kappa shape index (κ2) is 5.36. The maximum absolute atomic E-state index is 5.23. The van der Waals surface area contributed by atoms with Gasteiger partial charge in [0.1, 0.15) is 11.6 Å². The summed E-state index contributed by atoms with van der Waals surface area (Å²) in [6.07, 6.45) is 1.84. The molecule has 1 aromatic heterocycles. The number of benzene rings is 1. The molecule has 4 heteroatoms. The largest absolute Gasteiger partial charge is 0.497 e. The first-order chi connectivity index (χ1) is 8.26. The summed E-state index contributed by atoms with van der Waals surface area (Å²) in [6.45, 7) is 0.929. The normalized spacial score (nSPS) is 10.5. The number of alkyl halides is 1. The number of pyridine rings is 1. The molecule has 0 aliphatic carbocycles. The van der Waals surface area contributed by atoms with E-state index in [1.165, 1.54) is 0 Å². The van der Waals surface area contributed by atoms with Crippen LogP contribution in [0.3, 0.4) is 0 Å². The van der Waals surface area contributed by atoms with Crippen LogP contribution in [-0.4, -0.2) is 31.0 Å². The minimum absolute atomic E-state index is 0.873. The van der Waals surface area contributed by atoms with Crippen molar-refractivity contribution < 1.29 is 4.74 Å². The predicted molar refractivity (Wildman–Crippen MR) is 75.4 cm³/mol. The summed E-state index contributed by atoms with van der Waals surface area (Å²) in [6, 6.07) is 8.06. The van der Waals surface area contributed by atoms with E-state index in [0.29, 0.717) is 0 Å². The SMILES string of the molecule is COc1ccc2c(N(C)CCBr)nccc2c1. The van der Waals surface area contributed by atoms with Crippen molar-refractivity contribution >= 4 is 32.5 Å². The first kappa shape index (κ1) is 12.2. The molecule has 0 aliphatic heterocycles. The highest BCUT2D eigenvalue weighted by Crippen LogP contribution is 2.26. The highest BCUT2D eigenvalue weighted by Gasteiger charge is 2.07. The zero-order valence-corrected chi connectivity index (χ0v) is 11.6. The van der Waals surface area contributed by atoms with Crippen molar-refractivity contribution in [1.29, 1.82) is 0 Å². The van der Waals surface area contributed by atoms with Crippen LogP contribution in [0.5, 0.6) is 5.75 Å². The molecule has 0 N–H and O–H groups in total. The van der Waals surface area contributed by atoms with Gasteiger partial charge in [-0.25, -0.2) is 4.98 Å². The highest BCUT2D eigenvalue weighted by molar-refractivity contribution is 9.09. The standard InChI is InChI=1S/C13H15BrN2O/c1-16(8-6-14)13-12-4-3-11(17-2)9-10(12)5-7-15-13/h3-5,7,9H,6,8H2,1-2H3. The molecule has 0 amide bonds. The topological polar surface area (TPSA) is 25.4 Å². The average molecular weight is 295 g/mol. The van der Waals surface area contributed by atoms with Crippen molar-refractivity contribution in [1.82, 2.24) is 4.98 Å². The number of halogens is 1. The van der Waals surface area contributed by atoms with E-state index < -0.39 is 0 Å². The van der Waals surface area contributed by atoms with Crippen molar-refractivity contribution in [3.05, 3.63) is 30.5 Å². The number of hydrogen-bond acceptors (Lipinski definition) is 3. The maximum atomic E-state index is 5.23. The lowest BCUT2D eigenvalue weighted by Gasteiger charge is -2.18. The Kier molecular flexibility index (Phi) is 3.84. The Morgan fingerprint density at radius 2 is 2.18 bits per heavy atom. The monoisotopic (exact) mass is 294 g/mol. The van der Waals surface area contributed by atoms with E-state index >= 15 is 0 Å². The van der Waals surface area contributed by atoms with Gasteiger partial charge in [-0.3, -0.25) is 0 Å². The highest BCUT2D eigenvalue weighted by atomic mass is 79.9. The predicted octanol–water partition coefficient (Wildman–Crippen LogP) is 3.07. The number of ether oxygens (including phenoxy) is 1. The molecule has 1 heterocycles. The van der Waals surface area contributed by atoms with Gasteiger partial charge in [0.2, 0.25) is 0 Å². The van der Waals surface area contributed by atoms with Gasteiger partial charge in [-0.1, -0.05) is 15.9 Å². The van der Waals surface area contributed by atoms with Gasteiger partial charge in [-0.05, 0) is 29.7 Å². The molecule has 0 unspecified atom stereocenters. The summed E-state index contributed by atoms with van der Waals surface area (Å²) in [5.74, 6) is 1.88. The summed E-state index contributed by atoms with van der Waals surface area (Å²) in [5, 5.41) is 3.23. The zero-order valence-electron chi connectivity index (χ0n) is 9.98. The molecule has 0 aliphatic rings. The Balaban J connectivity index is 2.50. The van der Waals surface area contributed by atoms with Crippen molar-refractivity contribution in [3.8, 4) is 5.75 Å². The molecule has 90 valence electrons. The Bertz CT molecular complexity index is 516. The minimum Gasteiger partial charge on any atom is -0.497 e. The number of aromatic nitrogens is 1. The molecule has 2 rings (SSSR count). The molecule has 0 atom stereocenters. The fourth-order valence-electron chi connectivity index (χ4n) is 1.80. The molecule has 0 saturated heterocycles. The van der Waals surface area contributed by atoms with E-state index in [1.807, 2.05) is 31.4 Å². The summed E-state index contributed by atoms with van der Waals surface area (Å²) in [4.78, 5) is 6.59. The van der Waals surface area contributed by atoms with Gasteiger partial charge in [0.25, 0.3) is 0 Å². The van der Waals surface area contributed by atoms with Crippen LogP contribution in [0.1, 0.15) is 0 Å². The second-order valence-corrected chi connectivity index (χ2v) is 4.63. The van der Waals surface area contributed by atoms with Crippen LogP contribution < -0.4 is 9.64 Å². The maximum Gasteiger partial charge on any atom is 0.136 e. The third-order valence-electron chi connectivity index (χ3n) is 2.73. The van der Waals surface area contributed by atoms with Gasteiger partial charge >= 0.3 is 0 Å². The lowest BCUT2D eigenvalue weighted by Crippen LogP contribution is -2.20. The lowest BCUT2D eigenvalue weighted by atomic mass is 10.1. The van der Waals surface area contributed by atoms with E-state index in [1.54, 1.807) is 7.11 Å². The molecule has 17 heavy (non-hydrogen) atoms. The number of fused-ring (bicyclic) bond motifs is 1. The first-order valence-electron chi connectivity index (χ1n) is 5.46. The second-order valence-electron chi connectivity index (χ2n) is 3.83. The van der Waals surface area contributed by atoms with Gasteiger partial charge in [0, 0.05) is 30.5 Å². The fraction of sp³-hybridized carbons (Fsp3) is 0.308. The van der Waals surface area contributed by atoms with Crippen LogP contribution >= 0.6 is 15.9 Å². The molecule has 0 radical (unpaired) electrons. The molecule has 0 fully saturated rings. The fourth-order valence-corrected chi connectivity index (χ4v) is 2.34. The Labute approximate surface area is 110 Å². The van der Waals surface area contributed by atoms with E-state index in [9.17, 15) is 0 Å². The molecule has 1 aromatic carbocycles. The number of rotatable bonds is 4. The number of methoxy groups -OCH3 is 1. The number of hydrogen-bond donors (Lipinski definition) is 0. The molecule has 0 spiro atoms. The summed E-state index contributed by atoms with van der Waals surface area (Å²) < 4.78 is 5.23. The van der Waals surface area contributed by atoms with Gasteiger partial charge in [0.15, 0.2) is 0 Å². The van der Waals surface area contributed by atoms with Crippen LogP contribution in [0.4, 0.5) is 5.82 Å². The Hall–Kier alpha value is -1.29. The summed E-state index contributed by atoms with van der Waals surface area (Å²) in [5.41, 5.74) is 0. The van der Waals surface area contributed by atoms with Crippen molar-refractivity contribution in [2.45, 2.75) is 0 Å². The third kappa shape index (κ3) is 2.52. The van der Waals surface area contributed by atoms with Crippen LogP contribution in [0.2, 0.25) is 0 Å². The zero-order chi connectivity index (χ0) is 12.3. The van der Waals surface area contributed by atoms with Gasteiger partial charge in [-0.15, -0.1) is 0 Å². The molecule has 3 nitrogen and oxygen atoms in total. The lowest BCUT2D eigenvalue weighted by molar-refractivity contribution is 0.415. The van der Waals surface area contributed by atoms with Crippen molar-refractivity contribution in [2.75, 3.05) is 30.9 Å². The van der Waals surface area contributed by atoms with E-state index in [0.717, 1.165) is 34.2 Å². The van der Waals surface area contributed by atoms with Crippen LogP contribution in [0, 0.1) is 0 Å². The molecular weight excluding hydrogens is 280 g/mol. The van der Waals surface area contributed by atoms with Gasteiger partial charge in [-0.2, -0.15) is 0 Å². The molecule has 2 aromatic rings. The van der Waals surface area contributed by atoms with E-state index in [-0.39, 0.29) is 0 Å². The summed E-state index contributed by atoms with van der Waals surface area (Å²) >= 11 is 3.44. The van der Waals surface area contributed by atoms with Gasteiger partial charge < -0.3 is 9.64 Å². The molecule has 0 bridgehead atoms. The van der Waals surface area contributed by atoms with Gasteiger partial charge in [0.05, 0.1) is 7.11 Å². The van der Waals surface area contributed by atoms with Crippen LogP contribution in [-0.2, 0) is 0 Å². The Morgan fingerprint density at radius 3 is 2.88 bits per heavy atom. The molecular formula is C13H15BrN2O. The molecule has 0 saturated carbocycles. The van der Waals surface area contributed by atoms with Crippen LogP contribution in [0.25, 0.3) is 10.8 Å². The number of nitrogens with zero attached hydrogens (tertiary/aromatic N) is 2. The summed E-state index contributed by atoms with van der Waals surface area (Å²) in [7, 11) is 3.73. The van der Waals surface area contributed by atoms with Crippen molar-refractivity contribution in [2.24, 2.45) is 0 Å². The Morgan fingerprint density at radius 1 is 1.35 bits per heavy atom. The average Bonchev–Trinajstić information content (AvgIpc) is 2.37. The quantitative estimate of drug-likeness (QED) is 0.811. The smallest absolute Gasteiger partial charge is 0.136 e.